The number of aromatic nitrogens is 2. The summed E-state index contributed by atoms with van der Waals surface area (Å²) >= 11 is 1.20. The molecule has 7 nitrogen and oxygen atoms in total. The lowest BCUT2D eigenvalue weighted by Gasteiger charge is -2.04. The standard InChI is InChI=1S/C11H17N5O2S/c1-12-11-16-15-10(19-11)9(18)13-6-2-3-8(17)14-7-4-5-7/h7H,2-6H2,1H3,(H,12,16)(H,13,18)(H,14,17). The minimum Gasteiger partial charge on any atom is -0.363 e. The number of hydrogen-bond acceptors (Lipinski definition) is 6. The van der Waals surface area contributed by atoms with Gasteiger partial charge in [0.05, 0.1) is 0 Å². The minimum absolute atomic E-state index is 0.0603. The molecule has 8 heteroatoms. The third-order valence-corrected chi connectivity index (χ3v) is 3.58. The number of anilines is 1. The van der Waals surface area contributed by atoms with Gasteiger partial charge in [0.2, 0.25) is 16.0 Å². The molecule has 0 aliphatic heterocycles. The average molecular weight is 283 g/mol. The Morgan fingerprint density at radius 2 is 2.16 bits per heavy atom. The van der Waals surface area contributed by atoms with Crippen LogP contribution in [0.15, 0.2) is 0 Å². The van der Waals surface area contributed by atoms with E-state index < -0.39 is 0 Å². The van der Waals surface area contributed by atoms with Crippen molar-refractivity contribution in [1.29, 1.82) is 0 Å². The fourth-order valence-corrected chi connectivity index (χ4v) is 2.08. The summed E-state index contributed by atoms with van der Waals surface area (Å²) in [5, 5.41) is 16.9. The van der Waals surface area contributed by atoms with Gasteiger partial charge in [0.15, 0.2) is 0 Å². The van der Waals surface area contributed by atoms with Crippen molar-refractivity contribution >= 4 is 28.3 Å². The zero-order chi connectivity index (χ0) is 13.7. The Kier molecular flexibility index (Phi) is 4.67. The van der Waals surface area contributed by atoms with Crippen molar-refractivity contribution in [3.63, 3.8) is 0 Å². The van der Waals surface area contributed by atoms with Crippen LogP contribution in [0.1, 0.15) is 35.5 Å². The van der Waals surface area contributed by atoms with Gasteiger partial charge in [-0.2, -0.15) is 0 Å². The fourth-order valence-electron chi connectivity index (χ4n) is 1.47. The number of amides is 2. The van der Waals surface area contributed by atoms with Crippen LogP contribution in [-0.2, 0) is 4.79 Å². The number of nitrogens with zero attached hydrogens (tertiary/aromatic N) is 2. The van der Waals surface area contributed by atoms with Gasteiger partial charge in [0.1, 0.15) is 0 Å². The van der Waals surface area contributed by atoms with Gasteiger partial charge in [-0.15, -0.1) is 10.2 Å². The van der Waals surface area contributed by atoms with Crippen molar-refractivity contribution < 1.29 is 9.59 Å². The van der Waals surface area contributed by atoms with Gasteiger partial charge in [-0.1, -0.05) is 11.3 Å². The summed E-state index contributed by atoms with van der Waals surface area (Å²) in [6, 6.07) is 0.392. The van der Waals surface area contributed by atoms with E-state index in [0.717, 1.165) is 12.8 Å². The lowest BCUT2D eigenvalue weighted by molar-refractivity contribution is -0.121. The zero-order valence-corrected chi connectivity index (χ0v) is 11.5. The van der Waals surface area contributed by atoms with Crippen LogP contribution in [0, 0.1) is 0 Å². The zero-order valence-electron chi connectivity index (χ0n) is 10.7. The first-order valence-corrected chi connectivity index (χ1v) is 7.09. The quantitative estimate of drug-likeness (QED) is 0.628. The number of nitrogens with one attached hydrogen (secondary N) is 3. The molecule has 0 spiro atoms. The molecule has 1 heterocycles. The second kappa shape index (κ2) is 6.46. The molecule has 0 atom stereocenters. The topological polar surface area (TPSA) is 96.0 Å². The second-order valence-electron chi connectivity index (χ2n) is 4.36. The Hall–Kier alpha value is -1.70. The molecule has 0 radical (unpaired) electrons. The van der Waals surface area contributed by atoms with Crippen LogP contribution in [0.4, 0.5) is 5.13 Å². The largest absolute Gasteiger partial charge is 0.363 e. The average Bonchev–Trinajstić information content (AvgIpc) is 3.08. The lowest BCUT2D eigenvalue weighted by Crippen LogP contribution is -2.28. The van der Waals surface area contributed by atoms with Crippen LogP contribution in [0.5, 0.6) is 0 Å². The van der Waals surface area contributed by atoms with Crippen LogP contribution >= 0.6 is 11.3 Å². The van der Waals surface area contributed by atoms with Crippen LogP contribution in [0.2, 0.25) is 0 Å². The van der Waals surface area contributed by atoms with Gasteiger partial charge in [-0.05, 0) is 19.3 Å². The first kappa shape index (κ1) is 13.7. The van der Waals surface area contributed by atoms with E-state index in [9.17, 15) is 9.59 Å². The summed E-state index contributed by atoms with van der Waals surface area (Å²) in [6.45, 7) is 0.464. The molecule has 1 aliphatic rings. The van der Waals surface area contributed by atoms with E-state index in [4.69, 9.17) is 0 Å². The molecule has 1 fully saturated rings. The highest BCUT2D eigenvalue weighted by molar-refractivity contribution is 7.17. The lowest BCUT2D eigenvalue weighted by atomic mass is 10.3. The predicted molar refractivity (Wildman–Crippen MR) is 72.2 cm³/mol. The van der Waals surface area contributed by atoms with E-state index in [-0.39, 0.29) is 11.8 Å². The molecule has 2 rings (SSSR count). The summed E-state index contributed by atoms with van der Waals surface area (Å²) in [7, 11) is 1.72. The van der Waals surface area contributed by atoms with Gasteiger partial charge >= 0.3 is 0 Å². The Balaban J connectivity index is 1.61. The van der Waals surface area contributed by atoms with E-state index in [1.807, 2.05) is 0 Å². The summed E-state index contributed by atoms with van der Waals surface area (Å²) in [6.07, 6.45) is 3.25. The van der Waals surface area contributed by atoms with Crippen molar-refractivity contribution in [1.82, 2.24) is 20.8 Å². The van der Waals surface area contributed by atoms with E-state index in [0.29, 0.717) is 35.6 Å². The van der Waals surface area contributed by atoms with Gasteiger partial charge < -0.3 is 16.0 Å². The molecule has 1 aromatic rings. The monoisotopic (exact) mass is 283 g/mol. The van der Waals surface area contributed by atoms with Gasteiger partial charge in [0.25, 0.3) is 5.91 Å². The van der Waals surface area contributed by atoms with Gasteiger partial charge in [-0.3, -0.25) is 9.59 Å². The molecule has 3 N–H and O–H groups in total. The third-order valence-electron chi connectivity index (χ3n) is 2.64. The van der Waals surface area contributed by atoms with Crippen LogP contribution in [0.3, 0.4) is 0 Å². The van der Waals surface area contributed by atoms with Gasteiger partial charge in [-0.25, -0.2) is 0 Å². The smallest absolute Gasteiger partial charge is 0.282 e. The number of carbonyl (C=O) groups excluding carboxylic acids is 2. The third kappa shape index (κ3) is 4.47. The Bertz CT molecular complexity index is 458. The highest BCUT2D eigenvalue weighted by Gasteiger charge is 2.22. The molecule has 0 unspecified atom stereocenters. The number of hydrogen-bond donors (Lipinski definition) is 3. The highest BCUT2D eigenvalue weighted by atomic mass is 32.1. The van der Waals surface area contributed by atoms with Crippen molar-refractivity contribution in [2.24, 2.45) is 0 Å². The maximum absolute atomic E-state index is 11.7. The normalized spacial score (nSPS) is 13.9. The first-order valence-electron chi connectivity index (χ1n) is 6.28. The second-order valence-corrected chi connectivity index (χ2v) is 5.34. The molecule has 2 amide bonds. The highest BCUT2D eigenvalue weighted by Crippen LogP contribution is 2.18. The van der Waals surface area contributed by atoms with Crippen molar-refractivity contribution in [3.05, 3.63) is 5.01 Å². The molecule has 0 saturated heterocycles. The maximum Gasteiger partial charge on any atom is 0.282 e. The van der Waals surface area contributed by atoms with Crippen LogP contribution < -0.4 is 16.0 Å². The number of carbonyl (C=O) groups is 2. The SMILES string of the molecule is CNc1nnc(C(=O)NCCCC(=O)NC2CC2)s1. The minimum atomic E-state index is -0.249. The molecule has 0 aromatic carbocycles. The predicted octanol–water partition coefficient (Wildman–Crippen LogP) is 0.368. The van der Waals surface area contributed by atoms with Crippen LogP contribution in [0.25, 0.3) is 0 Å². The van der Waals surface area contributed by atoms with E-state index in [1.54, 1.807) is 7.05 Å². The fraction of sp³-hybridized carbons (Fsp3) is 0.636. The molecule has 0 bridgehead atoms. The molecular formula is C11H17N5O2S. The molecule has 1 saturated carbocycles. The van der Waals surface area contributed by atoms with Crippen molar-refractivity contribution in [2.75, 3.05) is 18.9 Å². The van der Waals surface area contributed by atoms with Crippen molar-refractivity contribution in [3.8, 4) is 0 Å². The van der Waals surface area contributed by atoms with E-state index in [2.05, 4.69) is 26.1 Å². The Morgan fingerprint density at radius 3 is 2.79 bits per heavy atom. The number of rotatable bonds is 7. The summed E-state index contributed by atoms with van der Waals surface area (Å²) in [4.78, 5) is 23.1. The van der Waals surface area contributed by atoms with Crippen molar-refractivity contribution in [2.45, 2.75) is 31.7 Å². The molecule has 1 aliphatic carbocycles. The first-order chi connectivity index (χ1) is 9.19. The van der Waals surface area contributed by atoms with Gasteiger partial charge in [0, 0.05) is 26.1 Å². The molecule has 1 aromatic heterocycles. The Labute approximate surface area is 115 Å². The Morgan fingerprint density at radius 1 is 1.37 bits per heavy atom. The van der Waals surface area contributed by atoms with Crippen LogP contribution in [-0.4, -0.2) is 41.6 Å². The maximum atomic E-state index is 11.7. The van der Waals surface area contributed by atoms with E-state index in [1.165, 1.54) is 11.3 Å². The summed E-state index contributed by atoms with van der Waals surface area (Å²) < 4.78 is 0. The van der Waals surface area contributed by atoms with E-state index >= 15 is 0 Å². The molecule has 19 heavy (non-hydrogen) atoms. The molecule has 104 valence electrons. The summed E-state index contributed by atoms with van der Waals surface area (Å²) in [5.41, 5.74) is 0. The summed E-state index contributed by atoms with van der Waals surface area (Å²) in [5.74, 6) is -0.188. The molecular weight excluding hydrogens is 266 g/mol.